The lowest BCUT2D eigenvalue weighted by Crippen LogP contribution is -1.99. The van der Waals surface area contributed by atoms with Gasteiger partial charge in [-0.05, 0) is 0 Å². The Morgan fingerprint density at radius 2 is 2.10 bits per heavy atom. The molecule has 0 N–H and O–H groups in total. The SMILES string of the molecule is Cn1cc(C(Cl)(Cl)Cl)nn1. The van der Waals surface area contributed by atoms with Crippen LogP contribution >= 0.6 is 34.8 Å². The second kappa shape index (κ2) is 2.57. The number of aromatic nitrogens is 3. The van der Waals surface area contributed by atoms with E-state index in [1.807, 2.05) is 0 Å². The van der Waals surface area contributed by atoms with Crippen LogP contribution in [0.25, 0.3) is 0 Å². The number of halogens is 3. The summed E-state index contributed by atoms with van der Waals surface area (Å²) < 4.78 is 0.00544. The number of hydrogen-bond donors (Lipinski definition) is 0. The molecule has 56 valence electrons. The standard InChI is InChI=1S/C4H4Cl3N3/c1-10-2-3(8-9-10)4(5,6)7/h2H,1H3. The average Bonchev–Trinajstić information content (AvgIpc) is 2.11. The van der Waals surface area contributed by atoms with Crippen molar-refractivity contribution in [1.82, 2.24) is 15.0 Å². The van der Waals surface area contributed by atoms with Gasteiger partial charge in [0.2, 0.25) is 3.79 Å². The van der Waals surface area contributed by atoms with E-state index in [2.05, 4.69) is 10.3 Å². The van der Waals surface area contributed by atoms with Crippen molar-refractivity contribution in [2.75, 3.05) is 0 Å². The molecule has 0 bridgehead atoms. The highest BCUT2D eigenvalue weighted by Gasteiger charge is 2.26. The molecule has 0 aliphatic heterocycles. The zero-order valence-electron chi connectivity index (χ0n) is 5.05. The maximum atomic E-state index is 5.49. The lowest BCUT2D eigenvalue weighted by Gasteiger charge is -2.03. The highest BCUT2D eigenvalue weighted by atomic mass is 35.6. The first-order valence-corrected chi connectivity index (χ1v) is 3.57. The van der Waals surface area contributed by atoms with Crippen LogP contribution in [0.2, 0.25) is 0 Å². The summed E-state index contributed by atoms with van der Waals surface area (Å²) >= 11 is 16.5. The van der Waals surface area contributed by atoms with Crippen LogP contribution < -0.4 is 0 Å². The van der Waals surface area contributed by atoms with Gasteiger partial charge in [0.05, 0.1) is 6.20 Å². The minimum absolute atomic E-state index is 0.333. The van der Waals surface area contributed by atoms with E-state index < -0.39 is 3.79 Å². The maximum Gasteiger partial charge on any atom is 0.235 e. The van der Waals surface area contributed by atoms with Gasteiger partial charge in [-0.25, -0.2) is 0 Å². The molecular formula is C4H4Cl3N3. The summed E-state index contributed by atoms with van der Waals surface area (Å²) in [6, 6.07) is 0. The predicted molar refractivity (Wildman–Crippen MR) is 40.2 cm³/mol. The maximum absolute atomic E-state index is 5.49. The monoisotopic (exact) mass is 199 g/mol. The lowest BCUT2D eigenvalue weighted by molar-refractivity contribution is 0.713. The Morgan fingerprint density at radius 1 is 1.50 bits per heavy atom. The molecule has 0 unspecified atom stereocenters. The van der Waals surface area contributed by atoms with E-state index in [4.69, 9.17) is 34.8 Å². The van der Waals surface area contributed by atoms with Gasteiger partial charge in [-0.15, -0.1) is 5.10 Å². The van der Waals surface area contributed by atoms with Crippen LogP contribution in [0.1, 0.15) is 5.69 Å². The number of rotatable bonds is 0. The normalized spacial score (nSPS) is 12.0. The van der Waals surface area contributed by atoms with Crippen LogP contribution in [-0.2, 0) is 10.8 Å². The molecule has 0 aliphatic rings. The molecule has 0 amide bonds. The summed E-state index contributed by atoms with van der Waals surface area (Å²) in [6.45, 7) is 0. The molecule has 3 nitrogen and oxygen atoms in total. The Morgan fingerprint density at radius 3 is 2.30 bits per heavy atom. The molecule has 1 aromatic heterocycles. The molecule has 10 heavy (non-hydrogen) atoms. The second-order valence-electron chi connectivity index (χ2n) is 1.78. The van der Waals surface area contributed by atoms with E-state index in [0.717, 1.165) is 0 Å². The fourth-order valence-electron chi connectivity index (χ4n) is 0.477. The van der Waals surface area contributed by atoms with Gasteiger partial charge in [-0.2, -0.15) is 0 Å². The number of aryl methyl sites for hydroxylation is 1. The number of nitrogens with zero attached hydrogens (tertiary/aromatic N) is 3. The minimum Gasteiger partial charge on any atom is -0.255 e. The second-order valence-corrected chi connectivity index (χ2v) is 4.06. The van der Waals surface area contributed by atoms with Crippen LogP contribution in [-0.4, -0.2) is 15.0 Å². The van der Waals surface area contributed by atoms with Crippen LogP contribution in [0.15, 0.2) is 6.20 Å². The minimum atomic E-state index is -1.46. The lowest BCUT2D eigenvalue weighted by atomic mass is 10.5. The highest BCUT2D eigenvalue weighted by molar-refractivity contribution is 6.66. The molecule has 1 rings (SSSR count). The fourth-order valence-corrected chi connectivity index (χ4v) is 0.737. The van der Waals surface area contributed by atoms with Crippen molar-refractivity contribution >= 4 is 34.8 Å². The average molecular weight is 200 g/mol. The van der Waals surface area contributed by atoms with Gasteiger partial charge in [0.15, 0.2) is 0 Å². The van der Waals surface area contributed by atoms with E-state index in [1.165, 1.54) is 4.68 Å². The van der Waals surface area contributed by atoms with E-state index >= 15 is 0 Å². The van der Waals surface area contributed by atoms with Gasteiger partial charge >= 0.3 is 0 Å². The quantitative estimate of drug-likeness (QED) is 0.596. The summed E-state index contributed by atoms with van der Waals surface area (Å²) in [4.78, 5) is 0. The zero-order chi connectivity index (χ0) is 7.78. The molecule has 1 heterocycles. The number of alkyl halides is 3. The molecule has 0 aromatic carbocycles. The number of hydrogen-bond acceptors (Lipinski definition) is 2. The Labute approximate surface area is 72.9 Å². The summed E-state index contributed by atoms with van der Waals surface area (Å²) in [6.07, 6.45) is 1.55. The first-order chi connectivity index (χ1) is 4.50. The van der Waals surface area contributed by atoms with Gasteiger partial charge in [0.25, 0.3) is 0 Å². The van der Waals surface area contributed by atoms with Crippen LogP contribution in [0, 0.1) is 0 Å². The van der Waals surface area contributed by atoms with E-state index in [9.17, 15) is 0 Å². The molecule has 0 fully saturated rings. The van der Waals surface area contributed by atoms with Gasteiger partial charge in [0.1, 0.15) is 5.69 Å². The summed E-state index contributed by atoms with van der Waals surface area (Å²) in [5.41, 5.74) is 0.333. The van der Waals surface area contributed by atoms with E-state index in [0.29, 0.717) is 5.69 Å². The smallest absolute Gasteiger partial charge is 0.235 e. The summed E-state index contributed by atoms with van der Waals surface area (Å²) in [5.74, 6) is 0. The Hall–Kier alpha value is 0.01000. The summed E-state index contributed by atoms with van der Waals surface area (Å²) in [5, 5.41) is 7.20. The topological polar surface area (TPSA) is 30.7 Å². The first-order valence-electron chi connectivity index (χ1n) is 2.43. The Bertz CT molecular complexity index is 226. The van der Waals surface area contributed by atoms with Gasteiger partial charge in [-0.1, -0.05) is 40.0 Å². The third-order valence-electron chi connectivity index (χ3n) is 0.893. The van der Waals surface area contributed by atoms with Crippen molar-refractivity contribution in [1.29, 1.82) is 0 Å². The molecule has 0 atom stereocenters. The largest absolute Gasteiger partial charge is 0.255 e. The van der Waals surface area contributed by atoms with Crippen molar-refractivity contribution in [2.24, 2.45) is 7.05 Å². The highest BCUT2D eigenvalue weighted by Crippen LogP contribution is 2.36. The fraction of sp³-hybridized carbons (Fsp3) is 0.500. The molecule has 0 saturated carbocycles. The van der Waals surface area contributed by atoms with Crippen molar-refractivity contribution < 1.29 is 0 Å². The Balaban J connectivity index is 2.96. The summed E-state index contributed by atoms with van der Waals surface area (Å²) in [7, 11) is 1.70. The molecule has 6 heteroatoms. The molecule has 1 aromatic rings. The van der Waals surface area contributed by atoms with Crippen LogP contribution in [0.5, 0.6) is 0 Å². The van der Waals surface area contributed by atoms with Crippen molar-refractivity contribution in [2.45, 2.75) is 3.79 Å². The first kappa shape index (κ1) is 8.11. The molecular weight excluding hydrogens is 196 g/mol. The van der Waals surface area contributed by atoms with Gasteiger partial charge in [0, 0.05) is 7.05 Å². The molecule has 0 saturated heterocycles. The Kier molecular flexibility index (Phi) is 2.08. The third kappa shape index (κ3) is 1.75. The van der Waals surface area contributed by atoms with Gasteiger partial charge in [-0.3, -0.25) is 4.68 Å². The van der Waals surface area contributed by atoms with Gasteiger partial charge < -0.3 is 0 Å². The van der Waals surface area contributed by atoms with Crippen LogP contribution in [0.4, 0.5) is 0 Å². The van der Waals surface area contributed by atoms with E-state index in [-0.39, 0.29) is 0 Å². The van der Waals surface area contributed by atoms with Crippen molar-refractivity contribution in [3.8, 4) is 0 Å². The van der Waals surface area contributed by atoms with Crippen LogP contribution in [0.3, 0.4) is 0 Å². The van der Waals surface area contributed by atoms with Crippen molar-refractivity contribution in [3.05, 3.63) is 11.9 Å². The zero-order valence-corrected chi connectivity index (χ0v) is 7.32. The molecule has 0 aliphatic carbocycles. The molecule has 0 spiro atoms. The van der Waals surface area contributed by atoms with E-state index in [1.54, 1.807) is 13.2 Å². The molecule has 0 radical (unpaired) electrons. The predicted octanol–water partition coefficient (Wildman–Crippen LogP) is 1.64. The van der Waals surface area contributed by atoms with Crippen molar-refractivity contribution in [3.63, 3.8) is 0 Å². The third-order valence-corrected chi connectivity index (χ3v) is 1.47.